The molecule has 3 rings (SSSR count). The van der Waals surface area contributed by atoms with E-state index in [4.69, 9.17) is 0 Å². The van der Waals surface area contributed by atoms with Crippen LogP contribution in [0.15, 0.2) is 30.3 Å². The number of aromatic nitrogens is 2. The summed E-state index contributed by atoms with van der Waals surface area (Å²) in [5.74, 6) is 0.328. The zero-order valence-electron chi connectivity index (χ0n) is 14.6. The van der Waals surface area contributed by atoms with Crippen LogP contribution >= 0.6 is 0 Å². The van der Waals surface area contributed by atoms with E-state index in [2.05, 4.69) is 20.2 Å². The van der Waals surface area contributed by atoms with Gasteiger partial charge in [-0.15, -0.1) is 0 Å². The lowest BCUT2D eigenvalue weighted by Gasteiger charge is -2.27. The Morgan fingerprint density at radius 1 is 1.23 bits per heavy atom. The van der Waals surface area contributed by atoms with Gasteiger partial charge in [-0.25, -0.2) is 9.97 Å². The molecule has 1 saturated heterocycles. The second kappa shape index (κ2) is 7.90. The fourth-order valence-corrected chi connectivity index (χ4v) is 2.98. The Balaban J connectivity index is 1.69. The zero-order chi connectivity index (χ0) is 18.5. The first kappa shape index (κ1) is 17.8. The molecule has 1 fully saturated rings. The number of carbonyl (C=O) groups is 1. The van der Waals surface area contributed by atoms with Crippen LogP contribution in [0.1, 0.15) is 41.0 Å². The molecule has 1 aliphatic heterocycles. The molecule has 136 valence electrons. The monoisotopic (exact) mass is 355 g/mol. The number of nitrogens with one attached hydrogen (secondary N) is 1. The first-order chi connectivity index (χ1) is 12.5. The van der Waals surface area contributed by atoms with Gasteiger partial charge in [-0.1, -0.05) is 6.07 Å². The van der Waals surface area contributed by atoms with Crippen molar-refractivity contribution >= 4 is 17.5 Å². The second-order valence-electron chi connectivity index (χ2n) is 6.34. The molecule has 1 N–H and O–H groups in total. The highest BCUT2D eigenvalue weighted by Crippen LogP contribution is 2.17. The van der Waals surface area contributed by atoms with Crippen molar-refractivity contribution in [1.29, 1.82) is 0 Å². The van der Waals surface area contributed by atoms with Gasteiger partial charge in [-0.2, -0.15) is 0 Å². The van der Waals surface area contributed by atoms with E-state index in [1.54, 1.807) is 6.07 Å². The number of hydrogen-bond acceptors (Lipinski definition) is 6. The number of aryl methyl sites for hydroxylation is 1. The van der Waals surface area contributed by atoms with Gasteiger partial charge in [0.25, 0.3) is 11.6 Å². The number of nitro benzene ring substituents is 1. The van der Waals surface area contributed by atoms with Crippen LogP contribution in [0.4, 0.5) is 11.6 Å². The first-order valence-electron chi connectivity index (χ1n) is 8.65. The highest BCUT2D eigenvalue weighted by Gasteiger charge is 2.15. The summed E-state index contributed by atoms with van der Waals surface area (Å²) in [5.41, 5.74) is 1.71. The van der Waals surface area contributed by atoms with Crippen LogP contribution in [0.5, 0.6) is 0 Å². The molecule has 0 radical (unpaired) electrons. The molecule has 26 heavy (non-hydrogen) atoms. The Labute approximate surface area is 151 Å². The van der Waals surface area contributed by atoms with Gasteiger partial charge in [0.2, 0.25) is 5.95 Å². The van der Waals surface area contributed by atoms with Crippen molar-refractivity contribution in [2.24, 2.45) is 0 Å². The van der Waals surface area contributed by atoms with Gasteiger partial charge in [-0.3, -0.25) is 14.9 Å². The highest BCUT2D eigenvalue weighted by atomic mass is 16.6. The number of carbonyl (C=O) groups excluding carboxylic acids is 1. The van der Waals surface area contributed by atoms with Gasteiger partial charge in [0, 0.05) is 36.5 Å². The molecule has 0 aliphatic carbocycles. The molecule has 8 nitrogen and oxygen atoms in total. The molecular formula is C18H21N5O3. The lowest BCUT2D eigenvalue weighted by atomic mass is 10.1. The molecule has 8 heteroatoms. The van der Waals surface area contributed by atoms with Crippen LogP contribution in [-0.4, -0.2) is 33.9 Å². The molecule has 1 aliphatic rings. The summed E-state index contributed by atoms with van der Waals surface area (Å²) in [6.45, 7) is 4.04. The number of hydrogen-bond donors (Lipinski definition) is 1. The fraction of sp³-hybridized carbons (Fsp3) is 0.389. The van der Waals surface area contributed by atoms with Crippen LogP contribution in [0, 0.1) is 17.0 Å². The molecule has 0 atom stereocenters. The van der Waals surface area contributed by atoms with E-state index in [1.165, 1.54) is 24.6 Å². The fourth-order valence-electron chi connectivity index (χ4n) is 2.98. The number of benzene rings is 1. The first-order valence-corrected chi connectivity index (χ1v) is 8.65. The minimum atomic E-state index is -0.518. The number of piperidine rings is 1. The van der Waals surface area contributed by atoms with Gasteiger partial charge in [0.1, 0.15) is 0 Å². The molecule has 2 heterocycles. The van der Waals surface area contributed by atoms with Gasteiger partial charge >= 0.3 is 0 Å². The third-order valence-corrected chi connectivity index (χ3v) is 4.28. The van der Waals surface area contributed by atoms with Crippen molar-refractivity contribution in [2.75, 3.05) is 18.0 Å². The lowest BCUT2D eigenvalue weighted by Crippen LogP contribution is -2.32. The predicted molar refractivity (Wildman–Crippen MR) is 97.1 cm³/mol. The van der Waals surface area contributed by atoms with Gasteiger partial charge in [0.05, 0.1) is 17.2 Å². The molecule has 0 spiro atoms. The van der Waals surface area contributed by atoms with Crippen molar-refractivity contribution in [3.05, 3.63) is 57.4 Å². The predicted octanol–water partition coefficient (Wildman–Crippen LogP) is 2.61. The lowest BCUT2D eigenvalue weighted by molar-refractivity contribution is -0.384. The molecule has 0 saturated carbocycles. The molecule has 2 aromatic rings. The molecule has 1 amide bonds. The second-order valence-corrected chi connectivity index (χ2v) is 6.34. The van der Waals surface area contributed by atoms with Gasteiger partial charge in [0.15, 0.2) is 0 Å². The summed E-state index contributed by atoms with van der Waals surface area (Å²) in [6, 6.07) is 7.50. The van der Waals surface area contributed by atoms with Crippen molar-refractivity contribution in [2.45, 2.75) is 32.7 Å². The van der Waals surface area contributed by atoms with Crippen molar-refractivity contribution in [1.82, 2.24) is 15.3 Å². The molecule has 1 aromatic heterocycles. The Hall–Kier alpha value is -3.03. The van der Waals surface area contributed by atoms with Crippen molar-refractivity contribution in [3.8, 4) is 0 Å². The maximum Gasteiger partial charge on any atom is 0.270 e. The Morgan fingerprint density at radius 3 is 2.73 bits per heavy atom. The van der Waals surface area contributed by atoms with E-state index in [0.29, 0.717) is 5.95 Å². The minimum Gasteiger partial charge on any atom is -0.346 e. The normalized spacial score (nSPS) is 14.1. The number of amides is 1. The van der Waals surface area contributed by atoms with Crippen molar-refractivity contribution in [3.63, 3.8) is 0 Å². The summed E-state index contributed by atoms with van der Waals surface area (Å²) in [4.78, 5) is 33.8. The van der Waals surface area contributed by atoms with Crippen LogP contribution < -0.4 is 10.2 Å². The number of rotatable bonds is 5. The van der Waals surface area contributed by atoms with E-state index < -0.39 is 4.92 Å². The molecule has 1 aromatic carbocycles. The summed E-state index contributed by atoms with van der Waals surface area (Å²) in [6.07, 6.45) is 3.50. The van der Waals surface area contributed by atoms with E-state index in [0.717, 1.165) is 37.3 Å². The maximum atomic E-state index is 12.3. The third-order valence-electron chi connectivity index (χ3n) is 4.28. The topological polar surface area (TPSA) is 101 Å². The smallest absolute Gasteiger partial charge is 0.270 e. The van der Waals surface area contributed by atoms with Gasteiger partial charge < -0.3 is 10.2 Å². The van der Waals surface area contributed by atoms with Crippen LogP contribution in [-0.2, 0) is 6.54 Å². The molecule has 0 bridgehead atoms. The Bertz CT molecular complexity index is 818. The minimum absolute atomic E-state index is 0.108. The zero-order valence-corrected chi connectivity index (χ0v) is 14.6. The van der Waals surface area contributed by atoms with Crippen LogP contribution in [0.3, 0.4) is 0 Å². The van der Waals surface area contributed by atoms with E-state index in [-0.39, 0.29) is 23.7 Å². The number of nitro groups is 1. The summed E-state index contributed by atoms with van der Waals surface area (Å²) >= 11 is 0. The number of nitrogens with zero attached hydrogens (tertiary/aromatic N) is 4. The van der Waals surface area contributed by atoms with E-state index in [9.17, 15) is 14.9 Å². The van der Waals surface area contributed by atoms with Crippen LogP contribution in [0.2, 0.25) is 0 Å². The summed E-state index contributed by atoms with van der Waals surface area (Å²) < 4.78 is 0. The van der Waals surface area contributed by atoms with Crippen molar-refractivity contribution < 1.29 is 9.72 Å². The highest BCUT2D eigenvalue weighted by molar-refractivity contribution is 5.94. The molecule has 0 unspecified atom stereocenters. The molecular weight excluding hydrogens is 334 g/mol. The van der Waals surface area contributed by atoms with Crippen LogP contribution in [0.25, 0.3) is 0 Å². The average molecular weight is 355 g/mol. The number of non-ortho nitro benzene ring substituents is 1. The quantitative estimate of drug-likeness (QED) is 0.653. The maximum absolute atomic E-state index is 12.3. The largest absolute Gasteiger partial charge is 0.346 e. The SMILES string of the molecule is Cc1cc(CNC(=O)c2cccc([N+](=O)[O-])c2)nc(N2CCCCC2)n1. The van der Waals surface area contributed by atoms with Gasteiger partial charge in [-0.05, 0) is 38.3 Å². The standard InChI is InChI=1S/C18H21N5O3/c1-13-10-15(21-18(20-13)22-8-3-2-4-9-22)12-19-17(24)14-6-5-7-16(11-14)23(25)26/h5-7,10-11H,2-4,8-9,12H2,1H3,(H,19,24). The van der Waals surface area contributed by atoms with E-state index in [1.807, 2.05) is 13.0 Å². The Kier molecular flexibility index (Phi) is 5.40. The summed E-state index contributed by atoms with van der Waals surface area (Å²) in [5, 5.41) is 13.6. The van der Waals surface area contributed by atoms with E-state index >= 15 is 0 Å². The Morgan fingerprint density at radius 2 is 2.00 bits per heavy atom. The average Bonchev–Trinajstić information content (AvgIpc) is 2.66. The summed E-state index contributed by atoms with van der Waals surface area (Å²) in [7, 11) is 0. The number of anilines is 1. The third kappa shape index (κ3) is 4.33.